The molecule has 0 spiro atoms. The van der Waals surface area contributed by atoms with Crippen molar-refractivity contribution in [3.8, 4) is 0 Å². The SMILES string of the molecule is CCOC(C)(CC)CC(C)C. The molecule has 1 unspecified atom stereocenters. The predicted octanol–water partition coefficient (Wildman–Crippen LogP) is 3.24. The van der Waals surface area contributed by atoms with Gasteiger partial charge in [-0.1, -0.05) is 20.8 Å². The maximum atomic E-state index is 5.69. The molecule has 0 aliphatic carbocycles. The number of rotatable bonds is 5. The highest BCUT2D eigenvalue weighted by Gasteiger charge is 2.22. The minimum Gasteiger partial charge on any atom is -0.376 e. The first kappa shape index (κ1) is 11.0. The molecule has 0 saturated carbocycles. The van der Waals surface area contributed by atoms with Crippen LogP contribution in [-0.2, 0) is 4.74 Å². The first-order valence-corrected chi connectivity index (χ1v) is 4.68. The van der Waals surface area contributed by atoms with Gasteiger partial charge < -0.3 is 4.74 Å². The van der Waals surface area contributed by atoms with Crippen molar-refractivity contribution in [3.63, 3.8) is 0 Å². The monoisotopic (exact) mass is 158 g/mol. The molecule has 0 aromatic carbocycles. The summed E-state index contributed by atoms with van der Waals surface area (Å²) in [6.07, 6.45) is 2.27. The molecular formula is C10H22O. The van der Waals surface area contributed by atoms with Gasteiger partial charge in [-0.25, -0.2) is 0 Å². The average Bonchev–Trinajstić information content (AvgIpc) is 1.87. The molecule has 1 heteroatoms. The van der Waals surface area contributed by atoms with E-state index < -0.39 is 0 Å². The highest BCUT2D eigenvalue weighted by Crippen LogP contribution is 2.23. The van der Waals surface area contributed by atoms with Crippen molar-refractivity contribution in [1.82, 2.24) is 0 Å². The summed E-state index contributed by atoms with van der Waals surface area (Å²) in [4.78, 5) is 0. The van der Waals surface area contributed by atoms with Gasteiger partial charge in [-0.2, -0.15) is 0 Å². The maximum absolute atomic E-state index is 5.69. The van der Waals surface area contributed by atoms with Gasteiger partial charge in [0.05, 0.1) is 5.60 Å². The fourth-order valence-corrected chi connectivity index (χ4v) is 1.52. The first-order valence-electron chi connectivity index (χ1n) is 4.68. The molecule has 1 nitrogen and oxygen atoms in total. The van der Waals surface area contributed by atoms with Gasteiger partial charge in [0.1, 0.15) is 0 Å². The second-order valence-corrected chi connectivity index (χ2v) is 3.83. The Morgan fingerprint density at radius 1 is 1.27 bits per heavy atom. The molecule has 0 aliphatic heterocycles. The summed E-state index contributed by atoms with van der Waals surface area (Å²) in [5.41, 5.74) is 0.114. The smallest absolute Gasteiger partial charge is 0.0654 e. The van der Waals surface area contributed by atoms with Crippen LogP contribution in [0.5, 0.6) is 0 Å². The maximum Gasteiger partial charge on any atom is 0.0654 e. The second-order valence-electron chi connectivity index (χ2n) is 3.83. The zero-order valence-electron chi connectivity index (χ0n) is 8.61. The Kier molecular flexibility index (Phi) is 4.74. The van der Waals surface area contributed by atoms with Gasteiger partial charge in [-0.15, -0.1) is 0 Å². The van der Waals surface area contributed by atoms with Crippen molar-refractivity contribution in [2.75, 3.05) is 6.61 Å². The molecule has 0 saturated heterocycles. The Bertz CT molecular complexity index is 99.0. The van der Waals surface area contributed by atoms with Crippen LogP contribution in [0.25, 0.3) is 0 Å². The summed E-state index contributed by atoms with van der Waals surface area (Å²) < 4.78 is 5.69. The molecule has 11 heavy (non-hydrogen) atoms. The third kappa shape index (κ3) is 4.41. The summed E-state index contributed by atoms with van der Waals surface area (Å²) >= 11 is 0. The van der Waals surface area contributed by atoms with Gasteiger partial charge >= 0.3 is 0 Å². The van der Waals surface area contributed by atoms with Crippen LogP contribution in [0.2, 0.25) is 0 Å². The van der Waals surface area contributed by atoms with E-state index in [2.05, 4.69) is 34.6 Å². The zero-order valence-corrected chi connectivity index (χ0v) is 8.61. The van der Waals surface area contributed by atoms with Crippen molar-refractivity contribution < 1.29 is 4.74 Å². The Balaban J connectivity index is 3.87. The fourth-order valence-electron chi connectivity index (χ4n) is 1.52. The molecule has 0 fully saturated rings. The third-order valence-corrected chi connectivity index (χ3v) is 2.08. The van der Waals surface area contributed by atoms with Crippen LogP contribution in [0.15, 0.2) is 0 Å². The van der Waals surface area contributed by atoms with Gasteiger partial charge in [0.25, 0.3) is 0 Å². The van der Waals surface area contributed by atoms with E-state index in [-0.39, 0.29) is 5.60 Å². The first-order chi connectivity index (χ1) is 5.04. The van der Waals surface area contributed by atoms with Gasteiger partial charge in [0.2, 0.25) is 0 Å². The van der Waals surface area contributed by atoms with Crippen molar-refractivity contribution in [2.24, 2.45) is 5.92 Å². The van der Waals surface area contributed by atoms with Gasteiger partial charge in [0, 0.05) is 6.61 Å². The van der Waals surface area contributed by atoms with E-state index in [1.54, 1.807) is 0 Å². The summed E-state index contributed by atoms with van der Waals surface area (Å²) in [7, 11) is 0. The Hall–Kier alpha value is -0.0400. The van der Waals surface area contributed by atoms with Crippen molar-refractivity contribution in [3.05, 3.63) is 0 Å². The lowest BCUT2D eigenvalue weighted by Crippen LogP contribution is -2.29. The van der Waals surface area contributed by atoms with Crippen LogP contribution in [0.1, 0.15) is 47.5 Å². The fraction of sp³-hybridized carbons (Fsp3) is 1.00. The molecule has 0 aromatic heterocycles. The lowest BCUT2D eigenvalue weighted by atomic mass is 9.92. The van der Waals surface area contributed by atoms with Crippen LogP contribution >= 0.6 is 0 Å². The van der Waals surface area contributed by atoms with E-state index in [9.17, 15) is 0 Å². The number of hydrogen-bond acceptors (Lipinski definition) is 1. The topological polar surface area (TPSA) is 9.23 Å². The Labute approximate surface area is 71.1 Å². The molecular weight excluding hydrogens is 136 g/mol. The highest BCUT2D eigenvalue weighted by atomic mass is 16.5. The van der Waals surface area contributed by atoms with Gasteiger partial charge in [-0.05, 0) is 32.6 Å². The number of hydrogen-bond donors (Lipinski definition) is 0. The molecule has 0 radical (unpaired) electrons. The Morgan fingerprint density at radius 2 is 1.82 bits per heavy atom. The van der Waals surface area contributed by atoms with Gasteiger partial charge in [0.15, 0.2) is 0 Å². The Morgan fingerprint density at radius 3 is 2.09 bits per heavy atom. The summed E-state index contributed by atoms with van der Waals surface area (Å²) in [6.45, 7) is 11.8. The molecule has 68 valence electrons. The molecule has 0 N–H and O–H groups in total. The van der Waals surface area contributed by atoms with Crippen molar-refractivity contribution in [1.29, 1.82) is 0 Å². The zero-order chi connectivity index (χ0) is 8.91. The lowest BCUT2D eigenvalue weighted by Gasteiger charge is -2.29. The van der Waals surface area contributed by atoms with Crippen LogP contribution in [0.3, 0.4) is 0 Å². The minimum atomic E-state index is 0.114. The molecule has 1 atom stereocenters. The molecule has 0 aliphatic rings. The lowest BCUT2D eigenvalue weighted by molar-refractivity contribution is -0.0416. The van der Waals surface area contributed by atoms with Crippen LogP contribution < -0.4 is 0 Å². The summed E-state index contributed by atoms with van der Waals surface area (Å²) in [5, 5.41) is 0. The van der Waals surface area contributed by atoms with E-state index in [0.29, 0.717) is 0 Å². The summed E-state index contributed by atoms with van der Waals surface area (Å²) in [5.74, 6) is 0.728. The van der Waals surface area contributed by atoms with E-state index >= 15 is 0 Å². The summed E-state index contributed by atoms with van der Waals surface area (Å²) in [6, 6.07) is 0. The molecule has 0 aromatic rings. The quantitative estimate of drug-likeness (QED) is 0.597. The minimum absolute atomic E-state index is 0.114. The predicted molar refractivity (Wildman–Crippen MR) is 49.8 cm³/mol. The normalized spacial score (nSPS) is 16.9. The van der Waals surface area contributed by atoms with E-state index in [1.807, 2.05) is 0 Å². The third-order valence-electron chi connectivity index (χ3n) is 2.08. The van der Waals surface area contributed by atoms with E-state index in [1.165, 1.54) is 0 Å². The standard InChI is InChI=1S/C10H22O/c1-6-10(5,11-7-2)8-9(3)4/h9H,6-8H2,1-5H3. The van der Waals surface area contributed by atoms with Crippen LogP contribution in [0.4, 0.5) is 0 Å². The van der Waals surface area contributed by atoms with E-state index in [4.69, 9.17) is 4.74 Å². The van der Waals surface area contributed by atoms with E-state index in [0.717, 1.165) is 25.4 Å². The average molecular weight is 158 g/mol. The van der Waals surface area contributed by atoms with Crippen molar-refractivity contribution >= 4 is 0 Å². The molecule has 0 rings (SSSR count). The van der Waals surface area contributed by atoms with Crippen LogP contribution in [0, 0.1) is 5.92 Å². The highest BCUT2D eigenvalue weighted by molar-refractivity contribution is 4.74. The molecule has 0 bridgehead atoms. The molecule has 0 heterocycles. The van der Waals surface area contributed by atoms with Crippen LogP contribution in [-0.4, -0.2) is 12.2 Å². The molecule has 0 amide bonds. The van der Waals surface area contributed by atoms with Crippen molar-refractivity contribution in [2.45, 2.75) is 53.1 Å². The number of ether oxygens (including phenoxy) is 1. The largest absolute Gasteiger partial charge is 0.376 e. The second kappa shape index (κ2) is 4.76. The van der Waals surface area contributed by atoms with Gasteiger partial charge in [-0.3, -0.25) is 0 Å².